The molecule has 2 aromatic heterocycles. The van der Waals surface area contributed by atoms with Gasteiger partial charge in [-0.15, -0.1) is 0 Å². The molecule has 0 aliphatic carbocycles. The fourth-order valence-electron chi connectivity index (χ4n) is 2.59. The highest BCUT2D eigenvalue weighted by Gasteiger charge is 2.14. The lowest BCUT2D eigenvalue weighted by atomic mass is 10.3. The Morgan fingerprint density at radius 3 is 2.67 bits per heavy atom. The van der Waals surface area contributed by atoms with Gasteiger partial charge >= 0.3 is 0 Å². The van der Waals surface area contributed by atoms with Crippen molar-refractivity contribution in [2.24, 2.45) is 7.05 Å². The molecule has 0 N–H and O–H groups in total. The molecule has 0 fully saturated rings. The number of nitrogens with zero attached hydrogens (tertiary/aromatic N) is 3. The van der Waals surface area contributed by atoms with Crippen molar-refractivity contribution >= 4 is 43.8 Å². The molecule has 4 aromatic rings. The van der Waals surface area contributed by atoms with Crippen LogP contribution < -0.4 is 0 Å². The lowest BCUT2D eigenvalue weighted by molar-refractivity contribution is 0.971. The van der Waals surface area contributed by atoms with Crippen molar-refractivity contribution in [2.45, 2.75) is 0 Å². The molecule has 0 radical (unpaired) electrons. The van der Waals surface area contributed by atoms with Crippen molar-refractivity contribution in [1.29, 1.82) is 0 Å². The molecule has 4 heteroatoms. The van der Waals surface area contributed by atoms with Crippen molar-refractivity contribution in [3.8, 4) is 0 Å². The van der Waals surface area contributed by atoms with Crippen molar-refractivity contribution in [3.63, 3.8) is 0 Å². The first-order valence-corrected chi connectivity index (χ1v) is 6.57. The van der Waals surface area contributed by atoms with Gasteiger partial charge in [0.1, 0.15) is 0 Å². The molecule has 0 atom stereocenters. The Morgan fingerprint density at radius 2 is 1.78 bits per heavy atom. The summed E-state index contributed by atoms with van der Waals surface area (Å²) in [5.41, 5.74) is 4.53. The highest BCUT2D eigenvalue weighted by atomic mass is 79.9. The molecule has 0 aliphatic heterocycles. The average molecular weight is 300 g/mol. The zero-order valence-corrected chi connectivity index (χ0v) is 11.3. The lowest BCUT2D eigenvalue weighted by Crippen LogP contribution is -1.88. The van der Waals surface area contributed by atoms with Crippen LogP contribution in [0.25, 0.3) is 27.8 Å². The molecule has 3 nitrogen and oxygen atoms in total. The number of hydrogen-bond acceptors (Lipinski definition) is 1. The van der Waals surface area contributed by atoms with Gasteiger partial charge in [-0.2, -0.15) is 0 Å². The Hall–Kier alpha value is -1.81. The van der Waals surface area contributed by atoms with Gasteiger partial charge in [0.25, 0.3) is 0 Å². The van der Waals surface area contributed by atoms with E-state index in [1.807, 2.05) is 25.2 Å². The highest BCUT2D eigenvalue weighted by Crippen LogP contribution is 2.29. The Kier molecular flexibility index (Phi) is 1.89. The van der Waals surface area contributed by atoms with Crippen LogP contribution in [-0.2, 0) is 7.05 Å². The summed E-state index contributed by atoms with van der Waals surface area (Å²) >= 11 is 3.61. The number of halogens is 1. The zero-order valence-electron chi connectivity index (χ0n) is 9.76. The van der Waals surface area contributed by atoms with Crippen LogP contribution in [-0.4, -0.2) is 14.0 Å². The molecular weight excluding hydrogens is 290 g/mol. The van der Waals surface area contributed by atoms with Crippen LogP contribution >= 0.6 is 15.9 Å². The molecule has 88 valence electrons. The topological polar surface area (TPSA) is 22.2 Å². The van der Waals surface area contributed by atoms with Gasteiger partial charge in [0.2, 0.25) is 5.78 Å². The second-order valence-electron chi connectivity index (χ2n) is 4.40. The minimum absolute atomic E-state index is 0.970. The molecule has 4 rings (SSSR count). The van der Waals surface area contributed by atoms with E-state index in [4.69, 9.17) is 4.98 Å². The second kappa shape index (κ2) is 3.36. The van der Waals surface area contributed by atoms with Gasteiger partial charge in [-0.05, 0) is 40.2 Å². The normalized spacial score (nSPS) is 11.9. The maximum absolute atomic E-state index is 4.70. The summed E-state index contributed by atoms with van der Waals surface area (Å²) in [7, 11) is 2.05. The van der Waals surface area contributed by atoms with Crippen LogP contribution in [0, 0.1) is 0 Å². The molecule has 0 amide bonds. The van der Waals surface area contributed by atoms with Gasteiger partial charge in [-0.3, -0.25) is 4.40 Å². The number of hydrogen-bond donors (Lipinski definition) is 0. The van der Waals surface area contributed by atoms with Gasteiger partial charge in [0.15, 0.2) is 0 Å². The summed E-state index contributed by atoms with van der Waals surface area (Å²) in [5.74, 6) is 0.970. The molecule has 0 bridgehead atoms. The largest absolute Gasteiger partial charge is 0.312 e. The maximum Gasteiger partial charge on any atom is 0.215 e. The third kappa shape index (κ3) is 1.11. The minimum atomic E-state index is 0.970. The van der Waals surface area contributed by atoms with Crippen molar-refractivity contribution < 1.29 is 0 Å². The van der Waals surface area contributed by atoms with Crippen LogP contribution in [0.4, 0.5) is 0 Å². The summed E-state index contributed by atoms with van der Waals surface area (Å²) < 4.78 is 5.42. The van der Waals surface area contributed by atoms with Gasteiger partial charge in [0.05, 0.1) is 22.1 Å². The van der Waals surface area contributed by atoms with Gasteiger partial charge in [-0.1, -0.05) is 18.2 Å². The lowest BCUT2D eigenvalue weighted by Gasteiger charge is -1.98. The smallest absolute Gasteiger partial charge is 0.215 e. The minimum Gasteiger partial charge on any atom is -0.312 e. The number of fused-ring (bicyclic) bond motifs is 5. The SMILES string of the molecule is Cn1c2c(Br)cccc2n2c3ccccc3nc12. The van der Waals surface area contributed by atoms with Crippen molar-refractivity contribution in [1.82, 2.24) is 14.0 Å². The number of rotatable bonds is 0. The quantitative estimate of drug-likeness (QED) is 0.485. The number of benzene rings is 2. The third-order valence-corrected chi connectivity index (χ3v) is 4.02. The molecule has 0 aliphatic rings. The highest BCUT2D eigenvalue weighted by molar-refractivity contribution is 9.10. The Bertz CT molecular complexity index is 901. The van der Waals surface area contributed by atoms with E-state index in [1.54, 1.807) is 0 Å². The van der Waals surface area contributed by atoms with Crippen LogP contribution in [0.3, 0.4) is 0 Å². The van der Waals surface area contributed by atoms with E-state index >= 15 is 0 Å². The Morgan fingerprint density at radius 1 is 1.00 bits per heavy atom. The average Bonchev–Trinajstić information content (AvgIpc) is 2.88. The van der Waals surface area contributed by atoms with E-state index in [-0.39, 0.29) is 0 Å². The summed E-state index contributed by atoms with van der Waals surface area (Å²) in [6.07, 6.45) is 0. The molecular formula is C14H10BrN3. The Labute approximate surface area is 112 Å². The fraction of sp³-hybridized carbons (Fsp3) is 0.0714. The van der Waals surface area contributed by atoms with Crippen LogP contribution in [0.5, 0.6) is 0 Å². The number of para-hydroxylation sites is 3. The van der Waals surface area contributed by atoms with E-state index < -0.39 is 0 Å². The van der Waals surface area contributed by atoms with Crippen LogP contribution in [0.1, 0.15) is 0 Å². The first-order chi connectivity index (χ1) is 8.77. The van der Waals surface area contributed by atoms with Gasteiger partial charge in [-0.25, -0.2) is 4.98 Å². The van der Waals surface area contributed by atoms with E-state index in [9.17, 15) is 0 Å². The molecule has 0 unspecified atom stereocenters. The Balaban J connectivity index is 2.40. The number of imidazole rings is 2. The summed E-state index contributed by atoms with van der Waals surface area (Å²) in [4.78, 5) is 4.70. The van der Waals surface area contributed by atoms with Crippen LogP contribution in [0.2, 0.25) is 0 Å². The number of aromatic nitrogens is 3. The van der Waals surface area contributed by atoms with Crippen LogP contribution in [0.15, 0.2) is 46.9 Å². The summed E-state index contributed by atoms with van der Waals surface area (Å²) in [6, 6.07) is 14.5. The molecule has 0 saturated heterocycles. The molecule has 2 aromatic carbocycles. The fourth-order valence-corrected chi connectivity index (χ4v) is 3.21. The summed E-state index contributed by atoms with van der Waals surface area (Å²) in [5, 5.41) is 0. The van der Waals surface area contributed by atoms with Crippen molar-refractivity contribution in [3.05, 3.63) is 46.9 Å². The predicted molar refractivity (Wildman–Crippen MR) is 76.9 cm³/mol. The standard InChI is InChI=1S/C14H10BrN3/c1-17-13-9(15)5-4-8-12(13)18-11-7-3-2-6-10(11)16-14(17)18/h2-8H,1H3. The predicted octanol–water partition coefficient (Wildman–Crippen LogP) is 3.74. The van der Waals surface area contributed by atoms with E-state index in [0.717, 1.165) is 21.3 Å². The van der Waals surface area contributed by atoms with E-state index in [0.29, 0.717) is 0 Å². The zero-order chi connectivity index (χ0) is 12.3. The first-order valence-electron chi connectivity index (χ1n) is 5.77. The first kappa shape index (κ1) is 10.1. The maximum atomic E-state index is 4.70. The molecule has 2 heterocycles. The monoisotopic (exact) mass is 299 g/mol. The van der Waals surface area contributed by atoms with Crippen molar-refractivity contribution in [2.75, 3.05) is 0 Å². The van der Waals surface area contributed by atoms with E-state index in [2.05, 4.69) is 49.2 Å². The van der Waals surface area contributed by atoms with E-state index in [1.165, 1.54) is 11.0 Å². The molecule has 0 spiro atoms. The third-order valence-electron chi connectivity index (χ3n) is 3.38. The van der Waals surface area contributed by atoms with Gasteiger partial charge < -0.3 is 4.57 Å². The second-order valence-corrected chi connectivity index (χ2v) is 5.26. The van der Waals surface area contributed by atoms with Gasteiger partial charge in [0, 0.05) is 11.5 Å². The molecule has 18 heavy (non-hydrogen) atoms. The summed E-state index contributed by atoms with van der Waals surface area (Å²) in [6.45, 7) is 0. The molecule has 0 saturated carbocycles. The number of aryl methyl sites for hydroxylation is 1.